The average Bonchev–Trinajstić information content (AvgIpc) is 2.09. The molecule has 0 aliphatic heterocycles. The van der Waals surface area contributed by atoms with Crippen LogP contribution in [0.4, 0.5) is 4.39 Å². The molecule has 1 aromatic rings. The standard InChI is InChI=1S/C8H6Cl2FNO2/c9-3-1-4(7(12)8(13)14)6(10)5(11)2-3/h1-2,7H,12H2,(H,13,14)/t7-/m0/s1. The molecule has 0 fully saturated rings. The van der Waals surface area contributed by atoms with Crippen LogP contribution in [0.25, 0.3) is 0 Å². The van der Waals surface area contributed by atoms with Gasteiger partial charge in [-0.2, -0.15) is 0 Å². The Morgan fingerprint density at radius 2 is 2.07 bits per heavy atom. The van der Waals surface area contributed by atoms with E-state index in [9.17, 15) is 9.18 Å². The Bertz CT molecular complexity index is 384. The molecule has 0 bridgehead atoms. The largest absolute Gasteiger partial charge is 0.480 e. The fraction of sp³-hybridized carbons (Fsp3) is 0.125. The molecular weight excluding hydrogens is 232 g/mol. The van der Waals surface area contributed by atoms with E-state index in [1.54, 1.807) is 0 Å². The van der Waals surface area contributed by atoms with Gasteiger partial charge in [-0.25, -0.2) is 4.39 Å². The van der Waals surface area contributed by atoms with Crippen molar-refractivity contribution in [2.24, 2.45) is 5.73 Å². The fourth-order valence-electron chi connectivity index (χ4n) is 0.935. The van der Waals surface area contributed by atoms with Crippen LogP contribution in [-0.2, 0) is 4.79 Å². The van der Waals surface area contributed by atoms with Crippen LogP contribution in [0.15, 0.2) is 12.1 Å². The predicted molar refractivity (Wildman–Crippen MR) is 51.0 cm³/mol. The lowest BCUT2D eigenvalue weighted by Crippen LogP contribution is -2.21. The number of carboxylic acid groups (broad SMARTS) is 1. The van der Waals surface area contributed by atoms with Gasteiger partial charge in [0.2, 0.25) is 0 Å². The second-order valence-electron chi connectivity index (χ2n) is 2.61. The zero-order chi connectivity index (χ0) is 10.9. The third kappa shape index (κ3) is 2.15. The second-order valence-corrected chi connectivity index (χ2v) is 3.42. The molecule has 6 heteroatoms. The van der Waals surface area contributed by atoms with Crippen LogP contribution in [0.2, 0.25) is 10.0 Å². The van der Waals surface area contributed by atoms with Crippen molar-refractivity contribution in [1.29, 1.82) is 0 Å². The first-order chi connectivity index (χ1) is 6.43. The van der Waals surface area contributed by atoms with Crippen LogP contribution in [0.1, 0.15) is 11.6 Å². The van der Waals surface area contributed by atoms with Crippen molar-refractivity contribution in [3.63, 3.8) is 0 Å². The molecule has 1 rings (SSSR count). The summed E-state index contributed by atoms with van der Waals surface area (Å²) in [6.45, 7) is 0. The molecule has 0 unspecified atom stereocenters. The molecule has 0 spiro atoms. The third-order valence-electron chi connectivity index (χ3n) is 1.62. The summed E-state index contributed by atoms with van der Waals surface area (Å²) in [7, 11) is 0. The molecule has 0 aliphatic rings. The number of hydrogen-bond donors (Lipinski definition) is 2. The second kappa shape index (κ2) is 4.13. The minimum Gasteiger partial charge on any atom is -0.480 e. The maximum absolute atomic E-state index is 13.0. The summed E-state index contributed by atoms with van der Waals surface area (Å²) in [6.07, 6.45) is 0. The maximum Gasteiger partial charge on any atom is 0.325 e. The van der Waals surface area contributed by atoms with E-state index in [4.69, 9.17) is 34.0 Å². The zero-order valence-corrected chi connectivity index (χ0v) is 8.31. The van der Waals surface area contributed by atoms with E-state index in [0.29, 0.717) is 0 Å². The van der Waals surface area contributed by atoms with Gasteiger partial charge >= 0.3 is 5.97 Å². The van der Waals surface area contributed by atoms with Crippen LogP contribution in [0.3, 0.4) is 0 Å². The molecule has 0 radical (unpaired) electrons. The minimum absolute atomic E-state index is 0.0378. The predicted octanol–water partition coefficient (Wildman–Crippen LogP) is 2.22. The van der Waals surface area contributed by atoms with Crippen LogP contribution < -0.4 is 5.73 Å². The third-order valence-corrected chi connectivity index (χ3v) is 2.24. The number of hydrogen-bond acceptors (Lipinski definition) is 2. The summed E-state index contributed by atoms with van der Waals surface area (Å²) in [6, 6.07) is 0.837. The monoisotopic (exact) mass is 237 g/mol. The highest BCUT2D eigenvalue weighted by atomic mass is 35.5. The lowest BCUT2D eigenvalue weighted by Gasteiger charge is -2.09. The van der Waals surface area contributed by atoms with E-state index >= 15 is 0 Å². The Morgan fingerprint density at radius 3 is 2.57 bits per heavy atom. The number of aliphatic carboxylic acids is 1. The summed E-state index contributed by atoms with van der Waals surface area (Å²) in [5.41, 5.74) is 5.23. The summed E-state index contributed by atoms with van der Waals surface area (Å²) in [5, 5.41) is 8.33. The number of nitrogens with two attached hydrogens (primary N) is 1. The topological polar surface area (TPSA) is 63.3 Å². The van der Waals surface area contributed by atoms with Crippen molar-refractivity contribution >= 4 is 29.2 Å². The normalized spacial score (nSPS) is 12.6. The molecule has 0 amide bonds. The van der Waals surface area contributed by atoms with E-state index in [0.717, 1.165) is 6.07 Å². The van der Waals surface area contributed by atoms with Crippen LogP contribution >= 0.6 is 23.2 Å². The van der Waals surface area contributed by atoms with Gasteiger partial charge in [0, 0.05) is 10.6 Å². The molecule has 1 atom stereocenters. The molecule has 1 aromatic carbocycles. The van der Waals surface area contributed by atoms with Crippen molar-refractivity contribution in [3.8, 4) is 0 Å². The Hall–Kier alpha value is -0.840. The van der Waals surface area contributed by atoms with Gasteiger partial charge in [0.25, 0.3) is 0 Å². The molecule has 3 nitrogen and oxygen atoms in total. The highest BCUT2D eigenvalue weighted by Crippen LogP contribution is 2.28. The van der Waals surface area contributed by atoms with E-state index in [-0.39, 0.29) is 15.6 Å². The number of carbonyl (C=O) groups is 1. The van der Waals surface area contributed by atoms with E-state index < -0.39 is 17.8 Å². The summed E-state index contributed by atoms with van der Waals surface area (Å²) in [4.78, 5) is 10.5. The molecule has 3 N–H and O–H groups in total. The number of rotatable bonds is 2. The van der Waals surface area contributed by atoms with Crippen molar-refractivity contribution in [2.45, 2.75) is 6.04 Å². The Labute approximate surface area is 89.2 Å². The van der Waals surface area contributed by atoms with Crippen LogP contribution in [0, 0.1) is 5.82 Å². The Balaban J connectivity index is 3.26. The van der Waals surface area contributed by atoms with Crippen molar-refractivity contribution in [2.75, 3.05) is 0 Å². The van der Waals surface area contributed by atoms with Gasteiger partial charge in [0.1, 0.15) is 11.9 Å². The molecule has 76 valence electrons. The van der Waals surface area contributed by atoms with Gasteiger partial charge in [0.05, 0.1) is 5.02 Å². The van der Waals surface area contributed by atoms with E-state index in [1.165, 1.54) is 6.07 Å². The summed E-state index contributed by atoms with van der Waals surface area (Å²) < 4.78 is 13.0. The minimum atomic E-state index is -1.38. The highest BCUT2D eigenvalue weighted by Gasteiger charge is 2.20. The first kappa shape index (κ1) is 11.2. The molecule has 0 heterocycles. The number of benzene rings is 1. The quantitative estimate of drug-likeness (QED) is 0.776. The molecule has 0 aliphatic carbocycles. The van der Waals surface area contributed by atoms with Gasteiger partial charge < -0.3 is 10.8 Å². The molecule has 0 saturated heterocycles. The van der Waals surface area contributed by atoms with Gasteiger partial charge in [0.15, 0.2) is 0 Å². The van der Waals surface area contributed by atoms with Crippen molar-refractivity contribution < 1.29 is 14.3 Å². The first-order valence-corrected chi connectivity index (χ1v) is 4.32. The van der Waals surface area contributed by atoms with Gasteiger partial charge in [-0.1, -0.05) is 23.2 Å². The number of carboxylic acids is 1. The van der Waals surface area contributed by atoms with Gasteiger partial charge in [-0.3, -0.25) is 4.79 Å². The van der Waals surface area contributed by atoms with Gasteiger partial charge in [-0.15, -0.1) is 0 Å². The maximum atomic E-state index is 13.0. The van der Waals surface area contributed by atoms with Crippen LogP contribution in [0.5, 0.6) is 0 Å². The number of halogens is 3. The van der Waals surface area contributed by atoms with Crippen molar-refractivity contribution in [1.82, 2.24) is 0 Å². The molecular formula is C8H6Cl2FNO2. The first-order valence-electron chi connectivity index (χ1n) is 3.56. The lowest BCUT2D eigenvalue weighted by molar-refractivity contribution is -0.138. The van der Waals surface area contributed by atoms with Crippen LogP contribution in [-0.4, -0.2) is 11.1 Å². The lowest BCUT2D eigenvalue weighted by atomic mass is 10.1. The molecule has 0 aromatic heterocycles. The van der Waals surface area contributed by atoms with Gasteiger partial charge in [-0.05, 0) is 12.1 Å². The summed E-state index contributed by atoms with van der Waals surface area (Å²) in [5.74, 6) is -2.08. The SMILES string of the molecule is N[C@H](C(=O)O)c1cc(Cl)cc(F)c1Cl. The highest BCUT2D eigenvalue weighted by molar-refractivity contribution is 6.34. The zero-order valence-electron chi connectivity index (χ0n) is 6.80. The Morgan fingerprint density at radius 1 is 1.50 bits per heavy atom. The average molecular weight is 238 g/mol. The van der Waals surface area contributed by atoms with E-state index in [2.05, 4.69) is 0 Å². The fourth-order valence-corrected chi connectivity index (χ4v) is 1.38. The molecule has 14 heavy (non-hydrogen) atoms. The van der Waals surface area contributed by atoms with Crippen molar-refractivity contribution in [3.05, 3.63) is 33.6 Å². The van der Waals surface area contributed by atoms with E-state index in [1.807, 2.05) is 0 Å². The summed E-state index contributed by atoms with van der Waals surface area (Å²) >= 11 is 11.1. The molecule has 0 saturated carbocycles. The Kier molecular flexibility index (Phi) is 3.31. The smallest absolute Gasteiger partial charge is 0.325 e.